The number of carbonyl (C=O) groups excluding carboxylic acids is 2. The van der Waals surface area contributed by atoms with Crippen molar-refractivity contribution >= 4 is 27.1 Å². The van der Waals surface area contributed by atoms with Crippen LogP contribution in [0.25, 0.3) is 0 Å². The Kier molecular flexibility index (Phi) is 15.5. The van der Waals surface area contributed by atoms with Gasteiger partial charge in [-0.25, -0.2) is 4.79 Å². The molecule has 0 saturated heterocycles. The summed E-state index contributed by atoms with van der Waals surface area (Å²) in [5, 5.41) is 7.57. The molecule has 0 aromatic heterocycles. The molecule has 25 heavy (non-hydrogen) atoms. The van der Waals surface area contributed by atoms with Crippen LogP contribution < -0.4 is 74.2 Å². The Morgan fingerprint density at radius 1 is 1.20 bits per heavy atom. The zero-order valence-electron chi connectivity index (χ0n) is 14.2. The summed E-state index contributed by atoms with van der Waals surface area (Å²) >= 11 is 0. The minimum Gasteiger partial charge on any atom is -0.776 e. The molecule has 3 unspecified atom stereocenters. The molecule has 0 fully saturated rings. The third kappa shape index (κ3) is 9.77. The van der Waals surface area contributed by atoms with Gasteiger partial charge in [0.15, 0.2) is 26.4 Å². The van der Waals surface area contributed by atoms with Gasteiger partial charge < -0.3 is 48.6 Å². The normalized spacial score (nSPS) is 18.8. The van der Waals surface area contributed by atoms with Gasteiger partial charge in [-0.15, -0.1) is 0 Å². The predicted molar refractivity (Wildman–Crippen MR) is 69.7 cm³/mol. The zero-order valence-corrected chi connectivity index (χ0v) is 20.0. The van der Waals surface area contributed by atoms with Crippen molar-refractivity contribution < 1.29 is 112 Å². The van der Waals surface area contributed by atoms with Gasteiger partial charge in [-0.05, 0) is 6.92 Å². The molecule has 0 bridgehead atoms. The molecular weight excluding hydrogens is 406 g/mol. The van der Waals surface area contributed by atoms with E-state index in [2.05, 4.69) is 9.47 Å². The summed E-state index contributed by atoms with van der Waals surface area (Å²) in [7, 11) is -10.6. The summed E-state index contributed by atoms with van der Waals surface area (Å²) in [5.41, 5.74) is 0. The first-order valence-corrected chi connectivity index (χ1v) is 9.18. The van der Waals surface area contributed by atoms with Crippen LogP contribution in [-0.2, 0) is 28.2 Å². The Balaban J connectivity index is -0.00000242. The van der Waals surface area contributed by atoms with Crippen molar-refractivity contribution in [3.63, 3.8) is 0 Å². The fourth-order valence-electron chi connectivity index (χ4n) is 1.34. The van der Waals surface area contributed by atoms with Crippen LogP contribution in [0.15, 0.2) is 0 Å². The van der Waals surface area contributed by atoms with Crippen LogP contribution in [0.5, 0.6) is 0 Å². The van der Waals surface area contributed by atoms with E-state index in [0.717, 1.165) is 0 Å². The Labute approximate surface area is 187 Å². The number of methoxy groups -OCH3 is 1. The van der Waals surface area contributed by atoms with Gasteiger partial charge in [0.25, 0.3) is 5.91 Å². The van der Waals surface area contributed by atoms with E-state index in [1.54, 1.807) is 0 Å². The van der Waals surface area contributed by atoms with Crippen molar-refractivity contribution in [3.05, 3.63) is 0 Å². The molecule has 16 heteroatoms. The van der Waals surface area contributed by atoms with Gasteiger partial charge in [0.05, 0.1) is 0 Å². The van der Waals surface area contributed by atoms with E-state index in [-0.39, 0.29) is 59.1 Å². The number of hydrogen-bond donors (Lipinski definition) is 4. The van der Waals surface area contributed by atoms with Crippen molar-refractivity contribution in [3.8, 4) is 0 Å². The number of amides is 1. The summed E-state index contributed by atoms with van der Waals surface area (Å²) in [4.78, 5) is 62.0. The molecule has 0 radical (unpaired) electrons. The van der Waals surface area contributed by atoms with E-state index in [0.29, 0.717) is 0 Å². The maximum Gasteiger partial charge on any atom is 1.00 e. The molecule has 0 rings (SSSR count). The van der Waals surface area contributed by atoms with Crippen molar-refractivity contribution in [1.82, 2.24) is 5.32 Å². The number of esters is 1. The molecule has 0 saturated carbocycles. The Hall–Kier alpha value is 1.16. The summed E-state index contributed by atoms with van der Waals surface area (Å²) in [5.74, 6) is -1.79. The Bertz CT molecular complexity index is 512. The van der Waals surface area contributed by atoms with Crippen LogP contribution in [-0.4, -0.2) is 58.2 Å². The molecule has 0 aliphatic heterocycles. The quantitative estimate of drug-likeness (QED) is 0.156. The van der Waals surface area contributed by atoms with Crippen molar-refractivity contribution in [1.29, 1.82) is 0 Å². The van der Waals surface area contributed by atoms with E-state index in [9.17, 15) is 33.6 Å². The number of ether oxygens (including phenoxy) is 2. The average molecular weight is 423 g/mol. The molecule has 0 aliphatic carbocycles. The number of hydrogen-bond acceptors (Lipinski definition) is 9. The second kappa shape index (κ2) is 12.6. The van der Waals surface area contributed by atoms with Crippen LogP contribution in [0.3, 0.4) is 0 Å². The monoisotopic (exact) mass is 423 g/mol. The molecule has 0 aromatic carbocycles. The molecule has 0 aliphatic rings. The summed E-state index contributed by atoms with van der Waals surface area (Å²) < 4.78 is 30.9. The van der Waals surface area contributed by atoms with Crippen LogP contribution in [0.2, 0.25) is 0 Å². The van der Waals surface area contributed by atoms with Crippen LogP contribution in [0.1, 0.15) is 13.3 Å². The van der Waals surface area contributed by atoms with Gasteiger partial charge in [0, 0.05) is 20.1 Å². The second-order valence-corrected chi connectivity index (χ2v) is 8.34. The predicted octanol–water partition coefficient (Wildman–Crippen LogP) is -9.18. The molecule has 1 amide bonds. The van der Waals surface area contributed by atoms with Gasteiger partial charge in [0.2, 0.25) is 0 Å². The molecule has 12 nitrogen and oxygen atoms in total. The SMILES string of the molecule is COCC(=O)OC(C)C(=O)NCCC(O)(P(=O)([O-])O)P(=O)([O-])O.[Na+].[Na+]. The fourth-order valence-corrected chi connectivity index (χ4v) is 3.41. The molecule has 4 N–H and O–H groups in total. The van der Waals surface area contributed by atoms with E-state index >= 15 is 0 Å². The number of rotatable bonds is 9. The van der Waals surface area contributed by atoms with E-state index in [1.165, 1.54) is 14.0 Å². The summed E-state index contributed by atoms with van der Waals surface area (Å²) in [6, 6.07) is 0. The van der Waals surface area contributed by atoms with E-state index in [4.69, 9.17) is 9.79 Å². The summed E-state index contributed by atoms with van der Waals surface area (Å²) in [6.45, 7) is -0.00360. The number of nitrogens with one attached hydrogen (secondary N) is 1. The molecule has 136 valence electrons. The van der Waals surface area contributed by atoms with Crippen molar-refractivity contribution in [2.75, 3.05) is 20.3 Å². The minimum absolute atomic E-state index is 0. The first-order valence-electron chi connectivity index (χ1n) is 6.02. The fraction of sp³-hybridized carbons (Fsp3) is 0.778. The zero-order chi connectivity index (χ0) is 18.5. The van der Waals surface area contributed by atoms with Crippen LogP contribution in [0.4, 0.5) is 0 Å². The largest absolute Gasteiger partial charge is 1.00 e. The summed E-state index contributed by atoms with van der Waals surface area (Å²) in [6.07, 6.45) is -2.56. The molecular formula is C9H17NNa2O11P2. The third-order valence-corrected chi connectivity index (χ3v) is 6.38. The number of aliphatic hydroxyl groups is 1. The topological polar surface area (TPSA) is 206 Å². The first kappa shape index (κ1) is 30.9. The number of carbonyl (C=O) groups is 2. The van der Waals surface area contributed by atoms with Gasteiger partial charge >= 0.3 is 65.1 Å². The molecule has 0 aromatic rings. The smallest absolute Gasteiger partial charge is 0.776 e. The van der Waals surface area contributed by atoms with E-state index in [1.807, 2.05) is 5.32 Å². The van der Waals surface area contributed by atoms with Crippen molar-refractivity contribution in [2.24, 2.45) is 0 Å². The first-order chi connectivity index (χ1) is 10.3. The van der Waals surface area contributed by atoms with Gasteiger partial charge in [-0.1, -0.05) is 0 Å². The van der Waals surface area contributed by atoms with Gasteiger partial charge in [-0.2, -0.15) is 0 Å². The second-order valence-electron chi connectivity index (χ2n) is 4.42. The maximum absolute atomic E-state index is 11.5. The van der Waals surface area contributed by atoms with Gasteiger partial charge in [-0.3, -0.25) is 4.79 Å². The van der Waals surface area contributed by atoms with Crippen molar-refractivity contribution in [2.45, 2.75) is 24.5 Å². The Morgan fingerprint density at radius 2 is 1.64 bits per heavy atom. The minimum atomic E-state index is -5.90. The van der Waals surface area contributed by atoms with Crippen LogP contribution in [0, 0.1) is 0 Å². The molecule has 0 heterocycles. The molecule has 0 spiro atoms. The average Bonchev–Trinajstić information content (AvgIpc) is 2.35. The van der Waals surface area contributed by atoms with Crippen LogP contribution >= 0.6 is 15.2 Å². The third-order valence-electron chi connectivity index (χ3n) is 2.60. The van der Waals surface area contributed by atoms with Gasteiger partial charge in [0.1, 0.15) is 6.61 Å². The molecule has 3 atom stereocenters. The van der Waals surface area contributed by atoms with E-state index < -0.39 is 57.8 Å². The standard InChI is InChI=1S/C9H19NO11P2.2Na/c1-6(21-7(11)5-20-2)8(12)10-4-3-9(13,22(14,15)16)23(17,18)19;;/h6,13H,3-5H2,1-2H3,(H,10,12)(H2,14,15,16)(H2,17,18,19);;/q;2*+1/p-2. The Morgan fingerprint density at radius 3 is 2.00 bits per heavy atom. The maximum atomic E-state index is 11.5.